The van der Waals surface area contributed by atoms with Crippen LogP contribution in [0, 0.1) is 4.91 Å². The Balaban J connectivity index is 3.17. The van der Waals surface area contributed by atoms with Crippen LogP contribution in [0.15, 0.2) is 22.7 Å². The van der Waals surface area contributed by atoms with Crippen LogP contribution >= 0.6 is 15.9 Å². The van der Waals surface area contributed by atoms with Crippen LogP contribution in [0.2, 0.25) is 0 Å². The highest BCUT2D eigenvalue weighted by Crippen LogP contribution is 2.24. The van der Waals surface area contributed by atoms with Gasteiger partial charge < -0.3 is 0 Å². The number of carbonyl (C=O) groups is 2. The molecular formula is C10H9BrNO4+. The Morgan fingerprint density at radius 1 is 1.44 bits per heavy atom. The maximum atomic E-state index is 11.6. The van der Waals surface area contributed by atoms with E-state index in [-0.39, 0.29) is 23.5 Å². The SMILES string of the molecule is CC(=O)CC(=O)c1ccc(Br)cc1[N+](=O)O. The minimum absolute atomic E-state index is 0.0240. The van der Waals surface area contributed by atoms with E-state index < -0.39 is 10.7 Å². The van der Waals surface area contributed by atoms with Crippen molar-refractivity contribution in [2.75, 3.05) is 0 Å². The van der Waals surface area contributed by atoms with E-state index in [9.17, 15) is 14.5 Å². The molecule has 0 fully saturated rings. The lowest BCUT2D eigenvalue weighted by Crippen LogP contribution is -2.08. The van der Waals surface area contributed by atoms with E-state index in [0.717, 1.165) is 0 Å². The van der Waals surface area contributed by atoms with Crippen molar-refractivity contribution in [1.82, 2.24) is 0 Å². The molecule has 1 rings (SSSR count). The Bertz CT molecular complexity index is 470. The summed E-state index contributed by atoms with van der Waals surface area (Å²) in [6, 6.07) is 4.24. The first-order chi connectivity index (χ1) is 7.41. The summed E-state index contributed by atoms with van der Waals surface area (Å²) in [5.41, 5.74) is -0.156. The molecule has 16 heavy (non-hydrogen) atoms. The fourth-order valence-corrected chi connectivity index (χ4v) is 1.57. The summed E-state index contributed by atoms with van der Waals surface area (Å²) in [4.78, 5) is 32.8. The molecule has 0 aliphatic rings. The average molecular weight is 287 g/mol. The van der Waals surface area contributed by atoms with E-state index in [2.05, 4.69) is 15.9 Å². The maximum Gasteiger partial charge on any atom is 0.328 e. The Morgan fingerprint density at radius 3 is 2.56 bits per heavy atom. The van der Waals surface area contributed by atoms with Crippen LogP contribution in [0.5, 0.6) is 0 Å². The molecule has 0 spiro atoms. The van der Waals surface area contributed by atoms with Crippen molar-refractivity contribution in [3.8, 4) is 0 Å². The standard InChI is InChI=1S/C10H9BrNO4/c1-6(13)4-10(14)8-3-2-7(11)5-9(8)12(15)16/h2-3,5H,4H2,1H3,(H,15,16)/q+1. The molecule has 0 amide bonds. The maximum absolute atomic E-state index is 11.6. The summed E-state index contributed by atoms with van der Waals surface area (Å²) < 4.78 is 0.553. The molecule has 0 radical (unpaired) electrons. The summed E-state index contributed by atoms with van der Waals surface area (Å²) in [7, 11) is 0. The number of ketones is 2. The smallest absolute Gasteiger partial charge is 0.300 e. The molecule has 0 saturated heterocycles. The number of benzene rings is 1. The van der Waals surface area contributed by atoms with Gasteiger partial charge in [0.2, 0.25) is 0 Å². The lowest BCUT2D eigenvalue weighted by molar-refractivity contribution is -0.729. The zero-order chi connectivity index (χ0) is 12.3. The largest absolute Gasteiger partial charge is 0.328 e. The molecule has 84 valence electrons. The normalized spacial score (nSPS) is 9.88. The number of halogens is 1. The molecule has 0 unspecified atom stereocenters. The summed E-state index contributed by atoms with van der Waals surface area (Å²) >= 11 is 3.11. The van der Waals surface area contributed by atoms with Crippen molar-refractivity contribution in [3.63, 3.8) is 0 Å². The summed E-state index contributed by atoms with van der Waals surface area (Å²) in [5, 5.41) is 8.83. The highest BCUT2D eigenvalue weighted by atomic mass is 79.9. The molecule has 0 heterocycles. The van der Waals surface area contributed by atoms with Gasteiger partial charge in [-0.05, 0) is 19.1 Å². The van der Waals surface area contributed by atoms with Crippen LogP contribution in [0.3, 0.4) is 0 Å². The van der Waals surface area contributed by atoms with Crippen molar-refractivity contribution in [3.05, 3.63) is 33.1 Å². The minimum atomic E-state index is -0.495. The molecule has 0 aliphatic heterocycles. The van der Waals surface area contributed by atoms with E-state index in [1.165, 1.54) is 19.1 Å². The van der Waals surface area contributed by atoms with Gasteiger partial charge in [0.1, 0.15) is 11.3 Å². The lowest BCUT2D eigenvalue weighted by atomic mass is 10.0. The first-order valence-electron chi connectivity index (χ1n) is 4.40. The van der Waals surface area contributed by atoms with Crippen molar-refractivity contribution in [2.24, 2.45) is 0 Å². The van der Waals surface area contributed by atoms with Crippen LogP contribution in [-0.2, 0) is 4.79 Å². The molecule has 1 N–H and O–H groups in total. The van der Waals surface area contributed by atoms with E-state index in [0.29, 0.717) is 4.47 Å². The van der Waals surface area contributed by atoms with Crippen LogP contribution < -0.4 is 0 Å². The Labute approximate surface area is 99.7 Å². The van der Waals surface area contributed by atoms with Gasteiger partial charge in [-0.3, -0.25) is 9.59 Å². The van der Waals surface area contributed by atoms with Crippen molar-refractivity contribution in [2.45, 2.75) is 13.3 Å². The summed E-state index contributed by atoms with van der Waals surface area (Å²) in [6.45, 7) is 1.28. The van der Waals surface area contributed by atoms with Crippen molar-refractivity contribution < 1.29 is 19.7 Å². The summed E-state index contributed by atoms with van der Waals surface area (Å²) in [6.07, 6.45) is -0.289. The fraction of sp³-hybridized carbons (Fsp3) is 0.200. The van der Waals surface area contributed by atoms with Gasteiger partial charge in [-0.15, -0.1) is 0 Å². The Kier molecular flexibility index (Phi) is 3.89. The molecule has 1 aromatic carbocycles. The Hall–Kier alpha value is -1.56. The molecule has 0 aromatic heterocycles. The number of rotatable bonds is 4. The Morgan fingerprint density at radius 2 is 2.06 bits per heavy atom. The van der Waals surface area contributed by atoms with Crippen LogP contribution in [0.25, 0.3) is 0 Å². The van der Waals surface area contributed by atoms with Gasteiger partial charge in [0.15, 0.2) is 5.78 Å². The second-order valence-electron chi connectivity index (χ2n) is 3.24. The predicted molar refractivity (Wildman–Crippen MR) is 58.8 cm³/mol. The van der Waals surface area contributed by atoms with Crippen LogP contribution in [-0.4, -0.2) is 21.7 Å². The van der Waals surface area contributed by atoms with E-state index in [4.69, 9.17) is 5.21 Å². The molecule has 5 nitrogen and oxygen atoms in total. The molecule has 0 aliphatic carbocycles. The van der Waals surface area contributed by atoms with Crippen LogP contribution in [0.1, 0.15) is 23.7 Å². The lowest BCUT2D eigenvalue weighted by Gasteiger charge is -1.98. The molecule has 1 aromatic rings. The van der Waals surface area contributed by atoms with Crippen LogP contribution in [0.4, 0.5) is 5.69 Å². The minimum Gasteiger partial charge on any atom is -0.300 e. The zero-order valence-corrected chi connectivity index (χ0v) is 10.0. The third-order valence-electron chi connectivity index (χ3n) is 1.88. The monoisotopic (exact) mass is 286 g/mol. The van der Waals surface area contributed by atoms with Gasteiger partial charge in [0.25, 0.3) is 4.92 Å². The van der Waals surface area contributed by atoms with Gasteiger partial charge in [-0.2, -0.15) is 0 Å². The highest BCUT2D eigenvalue weighted by molar-refractivity contribution is 9.10. The fourth-order valence-electron chi connectivity index (χ4n) is 1.22. The third kappa shape index (κ3) is 2.96. The van der Waals surface area contributed by atoms with E-state index >= 15 is 0 Å². The predicted octanol–water partition coefficient (Wildman–Crippen LogP) is 2.41. The quantitative estimate of drug-likeness (QED) is 0.524. The van der Waals surface area contributed by atoms with Gasteiger partial charge in [-0.1, -0.05) is 15.9 Å². The zero-order valence-electron chi connectivity index (χ0n) is 8.44. The molecule has 6 heteroatoms. The summed E-state index contributed by atoms with van der Waals surface area (Å²) in [5.74, 6) is -0.792. The van der Waals surface area contributed by atoms with Gasteiger partial charge >= 0.3 is 5.69 Å². The number of carbonyl (C=O) groups excluding carboxylic acids is 2. The van der Waals surface area contributed by atoms with Crippen molar-refractivity contribution >= 4 is 33.2 Å². The topological polar surface area (TPSA) is 74.5 Å². The van der Waals surface area contributed by atoms with E-state index in [1.807, 2.05) is 0 Å². The third-order valence-corrected chi connectivity index (χ3v) is 2.37. The molecule has 0 atom stereocenters. The second kappa shape index (κ2) is 4.98. The number of hydrogen-bond acceptors (Lipinski definition) is 3. The average Bonchev–Trinajstić information content (AvgIpc) is 2.16. The van der Waals surface area contributed by atoms with Gasteiger partial charge in [-0.25, -0.2) is 5.21 Å². The molecule has 0 saturated carbocycles. The first kappa shape index (κ1) is 12.5. The van der Waals surface area contributed by atoms with Crippen molar-refractivity contribution in [1.29, 1.82) is 0 Å². The first-order valence-corrected chi connectivity index (χ1v) is 5.19. The molecular weight excluding hydrogens is 278 g/mol. The second-order valence-corrected chi connectivity index (χ2v) is 4.15. The number of hydrogen-bond donors (Lipinski definition) is 1. The van der Waals surface area contributed by atoms with Gasteiger partial charge in [0.05, 0.1) is 11.3 Å². The molecule has 0 bridgehead atoms. The highest BCUT2D eigenvalue weighted by Gasteiger charge is 2.24. The van der Waals surface area contributed by atoms with E-state index in [1.54, 1.807) is 6.07 Å². The van der Waals surface area contributed by atoms with Gasteiger partial charge in [0, 0.05) is 10.5 Å². The number of Topliss-reactive ketones (excluding diaryl/α,β-unsaturated/α-hetero) is 2. The number of nitrogens with zero attached hydrogens (tertiary/aromatic N) is 1.